The minimum absolute atomic E-state index is 0.115. The largest absolute Gasteiger partial charge is 0.387 e. The van der Waals surface area contributed by atoms with Crippen molar-refractivity contribution < 1.29 is 9.90 Å². The minimum atomic E-state index is -0.839. The van der Waals surface area contributed by atoms with E-state index in [0.29, 0.717) is 15.6 Å². The van der Waals surface area contributed by atoms with Crippen LogP contribution in [0.1, 0.15) is 24.5 Å². The molecule has 7 heteroatoms. The summed E-state index contributed by atoms with van der Waals surface area (Å²) in [5.41, 5.74) is 0.585. The second-order valence-corrected chi connectivity index (χ2v) is 7.06. The number of rotatable bonds is 4. The van der Waals surface area contributed by atoms with E-state index in [-0.39, 0.29) is 18.6 Å². The molecule has 116 valence electrons. The molecule has 0 spiro atoms. The molecule has 21 heavy (non-hydrogen) atoms. The highest BCUT2D eigenvalue weighted by atomic mass is 35.5. The zero-order valence-electron chi connectivity index (χ0n) is 11.4. The van der Waals surface area contributed by atoms with Gasteiger partial charge in [-0.25, -0.2) is 4.79 Å². The Morgan fingerprint density at radius 2 is 1.90 bits per heavy atom. The summed E-state index contributed by atoms with van der Waals surface area (Å²) in [4.78, 5) is 11.8. The standard InChI is InChI=1S/C14H18Cl2N2O2S/c15-10-5-9(6-11(16)7-10)13(19)8-17-14(20)18-12-1-3-21-4-2-12/h5-7,12-13,19H,1-4,8H2,(H2,17,18,20)/t13-/m0/s1. The molecule has 2 amide bonds. The van der Waals surface area contributed by atoms with Crippen LogP contribution in [-0.2, 0) is 0 Å². The molecule has 0 saturated carbocycles. The highest BCUT2D eigenvalue weighted by molar-refractivity contribution is 7.99. The molecular weight excluding hydrogens is 331 g/mol. The molecule has 1 aliphatic heterocycles. The zero-order chi connectivity index (χ0) is 15.2. The van der Waals surface area contributed by atoms with E-state index >= 15 is 0 Å². The summed E-state index contributed by atoms with van der Waals surface area (Å²) in [6.07, 6.45) is 1.14. The summed E-state index contributed by atoms with van der Waals surface area (Å²) < 4.78 is 0. The quantitative estimate of drug-likeness (QED) is 0.782. The number of aliphatic hydroxyl groups is 1. The van der Waals surface area contributed by atoms with Gasteiger partial charge in [-0.3, -0.25) is 0 Å². The first-order valence-electron chi connectivity index (χ1n) is 6.81. The van der Waals surface area contributed by atoms with Crippen LogP contribution >= 0.6 is 35.0 Å². The van der Waals surface area contributed by atoms with E-state index in [4.69, 9.17) is 23.2 Å². The van der Waals surface area contributed by atoms with Crippen molar-refractivity contribution in [1.29, 1.82) is 0 Å². The van der Waals surface area contributed by atoms with Gasteiger partial charge in [0.1, 0.15) is 0 Å². The van der Waals surface area contributed by atoms with Gasteiger partial charge in [-0.05, 0) is 48.1 Å². The summed E-state index contributed by atoms with van der Waals surface area (Å²) in [6, 6.07) is 4.84. The fourth-order valence-corrected chi connectivity index (χ4v) is 3.80. The number of amides is 2. The highest BCUT2D eigenvalue weighted by Crippen LogP contribution is 2.23. The Morgan fingerprint density at radius 1 is 1.29 bits per heavy atom. The molecule has 1 fully saturated rings. The molecule has 0 aromatic heterocycles. The smallest absolute Gasteiger partial charge is 0.315 e. The summed E-state index contributed by atoms with van der Waals surface area (Å²) in [6.45, 7) is 0.115. The van der Waals surface area contributed by atoms with Gasteiger partial charge in [0, 0.05) is 22.6 Å². The molecule has 1 atom stereocenters. The molecule has 0 unspecified atom stereocenters. The van der Waals surface area contributed by atoms with Gasteiger partial charge in [0.25, 0.3) is 0 Å². The van der Waals surface area contributed by atoms with Crippen LogP contribution in [-0.4, -0.2) is 35.2 Å². The number of hydrogen-bond donors (Lipinski definition) is 3. The van der Waals surface area contributed by atoms with E-state index < -0.39 is 6.10 Å². The first-order chi connectivity index (χ1) is 10.0. The van der Waals surface area contributed by atoms with Crippen LogP contribution in [0.3, 0.4) is 0 Å². The third kappa shape index (κ3) is 5.58. The summed E-state index contributed by atoms with van der Waals surface area (Å²) in [5, 5.41) is 16.6. The van der Waals surface area contributed by atoms with Gasteiger partial charge >= 0.3 is 6.03 Å². The maximum atomic E-state index is 11.8. The van der Waals surface area contributed by atoms with Crippen LogP contribution in [0.4, 0.5) is 4.79 Å². The van der Waals surface area contributed by atoms with Gasteiger partial charge in [-0.2, -0.15) is 11.8 Å². The van der Waals surface area contributed by atoms with E-state index in [0.717, 1.165) is 24.3 Å². The lowest BCUT2D eigenvalue weighted by molar-refractivity contribution is 0.172. The lowest BCUT2D eigenvalue weighted by Crippen LogP contribution is -2.44. The SMILES string of the molecule is O=C(NC[C@H](O)c1cc(Cl)cc(Cl)c1)NC1CCSCC1. The molecule has 1 aromatic carbocycles. The molecule has 0 bridgehead atoms. The lowest BCUT2D eigenvalue weighted by atomic mass is 10.1. The number of carbonyl (C=O) groups excluding carboxylic acids is 1. The van der Waals surface area contributed by atoms with Crippen LogP contribution in [0, 0.1) is 0 Å². The zero-order valence-corrected chi connectivity index (χ0v) is 13.8. The van der Waals surface area contributed by atoms with Crippen molar-refractivity contribution in [2.75, 3.05) is 18.1 Å². The molecule has 0 aliphatic carbocycles. The minimum Gasteiger partial charge on any atom is -0.387 e. The topological polar surface area (TPSA) is 61.4 Å². The number of thioether (sulfide) groups is 1. The molecule has 2 rings (SSSR count). The first kappa shape index (κ1) is 16.7. The van der Waals surface area contributed by atoms with E-state index in [2.05, 4.69) is 10.6 Å². The van der Waals surface area contributed by atoms with Crippen LogP contribution in [0.5, 0.6) is 0 Å². The predicted octanol–water partition coefficient (Wildman–Crippen LogP) is 3.22. The van der Waals surface area contributed by atoms with Crippen molar-refractivity contribution in [3.8, 4) is 0 Å². The Labute approximate surface area is 138 Å². The van der Waals surface area contributed by atoms with Crippen molar-refractivity contribution in [2.24, 2.45) is 0 Å². The molecular formula is C14H18Cl2N2O2S. The van der Waals surface area contributed by atoms with Crippen molar-refractivity contribution in [3.63, 3.8) is 0 Å². The van der Waals surface area contributed by atoms with Crippen LogP contribution in [0.15, 0.2) is 18.2 Å². The van der Waals surface area contributed by atoms with Crippen LogP contribution in [0.2, 0.25) is 10.0 Å². The molecule has 3 N–H and O–H groups in total. The predicted molar refractivity (Wildman–Crippen MR) is 88.3 cm³/mol. The third-order valence-electron chi connectivity index (χ3n) is 3.28. The Bertz CT molecular complexity index is 476. The summed E-state index contributed by atoms with van der Waals surface area (Å²) in [7, 11) is 0. The normalized spacial score (nSPS) is 17.3. The van der Waals surface area contributed by atoms with Gasteiger partial charge in [0.2, 0.25) is 0 Å². The van der Waals surface area contributed by atoms with Gasteiger partial charge in [-0.15, -0.1) is 0 Å². The Morgan fingerprint density at radius 3 is 2.52 bits per heavy atom. The number of benzene rings is 1. The second kappa shape index (κ2) is 8.13. The summed E-state index contributed by atoms with van der Waals surface area (Å²) in [5.74, 6) is 2.16. The molecule has 1 saturated heterocycles. The van der Waals surface area contributed by atoms with Gasteiger partial charge < -0.3 is 15.7 Å². The fourth-order valence-electron chi connectivity index (χ4n) is 2.15. The van der Waals surface area contributed by atoms with Crippen LogP contribution in [0.25, 0.3) is 0 Å². The molecule has 1 aliphatic rings. The number of urea groups is 1. The van der Waals surface area contributed by atoms with Crippen molar-refractivity contribution >= 4 is 41.0 Å². The van der Waals surface area contributed by atoms with Gasteiger partial charge in [-0.1, -0.05) is 23.2 Å². The monoisotopic (exact) mass is 348 g/mol. The number of aliphatic hydroxyl groups excluding tert-OH is 1. The Hall–Kier alpha value is -0.620. The Kier molecular flexibility index (Phi) is 6.48. The van der Waals surface area contributed by atoms with E-state index in [1.54, 1.807) is 18.2 Å². The van der Waals surface area contributed by atoms with E-state index in [9.17, 15) is 9.90 Å². The molecule has 1 heterocycles. The first-order valence-corrected chi connectivity index (χ1v) is 8.72. The maximum absolute atomic E-state index is 11.8. The number of carbonyl (C=O) groups is 1. The number of hydrogen-bond acceptors (Lipinski definition) is 3. The van der Waals surface area contributed by atoms with E-state index in [1.165, 1.54) is 0 Å². The van der Waals surface area contributed by atoms with Gasteiger partial charge in [0.15, 0.2) is 0 Å². The maximum Gasteiger partial charge on any atom is 0.315 e. The van der Waals surface area contributed by atoms with Crippen LogP contribution < -0.4 is 10.6 Å². The number of halogens is 2. The Balaban J connectivity index is 1.79. The fraction of sp³-hybridized carbons (Fsp3) is 0.500. The van der Waals surface area contributed by atoms with Crippen molar-refractivity contribution in [2.45, 2.75) is 25.0 Å². The summed E-state index contributed by atoms with van der Waals surface area (Å²) >= 11 is 13.7. The average Bonchev–Trinajstić information content (AvgIpc) is 2.45. The van der Waals surface area contributed by atoms with Gasteiger partial charge in [0.05, 0.1) is 6.10 Å². The third-order valence-corrected chi connectivity index (χ3v) is 4.77. The van der Waals surface area contributed by atoms with E-state index in [1.807, 2.05) is 11.8 Å². The lowest BCUT2D eigenvalue weighted by Gasteiger charge is -2.23. The van der Waals surface area contributed by atoms with Crippen molar-refractivity contribution in [3.05, 3.63) is 33.8 Å². The average molecular weight is 349 g/mol. The number of nitrogens with one attached hydrogen (secondary N) is 2. The second-order valence-electron chi connectivity index (χ2n) is 4.96. The van der Waals surface area contributed by atoms with Crippen molar-refractivity contribution in [1.82, 2.24) is 10.6 Å². The highest BCUT2D eigenvalue weighted by Gasteiger charge is 2.17. The molecule has 1 aromatic rings. The molecule has 0 radical (unpaired) electrons. The molecule has 4 nitrogen and oxygen atoms in total.